The Bertz CT molecular complexity index is 1630. The number of nitrogens with one attached hydrogen (secondary N) is 1. The normalized spacial score (nSPS) is 21.1. The molecule has 0 spiro atoms. The largest absolute Gasteiger partial charge is 0.444 e. The van der Waals surface area contributed by atoms with Gasteiger partial charge in [-0.2, -0.15) is 4.73 Å². The molecule has 0 bridgehead atoms. The van der Waals surface area contributed by atoms with E-state index >= 15 is 0 Å². The standard InChI is InChI=1S/C34H41ClN6O4/c1-33(2,3)44-32(42)40-18-16-39(17-19-40)23-34(43)15-9-10-24(20-34)37-31-36-21-28(35)30(38-31)27-22-41(29-14-8-7-13-26(27)29)45-25-11-5-4-6-12-25/h4-8,11-14,21-22,24,43H,9-10,15-20,23H2,1-3H3,(H,36,37,38)/t24-,34?/m1/s1. The molecule has 1 aliphatic carbocycles. The minimum atomic E-state index is -0.846. The van der Waals surface area contributed by atoms with E-state index in [1.54, 1.807) is 15.8 Å². The molecule has 10 nitrogen and oxygen atoms in total. The van der Waals surface area contributed by atoms with Crippen molar-refractivity contribution in [2.75, 3.05) is 38.0 Å². The first-order valence-corrected chi connectivity index (χ1v) is 16.0. The second-order valence-corrected chi connectivity index (χ2v) is 13.5. The van der Waals surface area contributed by atoms with Crippen LogP contribution in [0.4, 0.5) is 10.7 Å². The van der Waals surface area contributed by atoms with Crippen molar-refractivity contribution in [3.05, 3.63) is 72.0 Å². The summed E-state index contributed by atoms with van der Waals surface area (Å²) in [6.45, 7) is 8.75. The van der Waals surface area contributed by atoms with Gasteiger partial charge in [-0.15, -0.1) is 0 Å². The van der Waals surface area contributed by atoms with Crippen LogP contribution in [0.15, 0.2) is 67.0 Å². The number of hydrogen-bond donors (Lipinski definition) is 2. The van der Waals surface area contributed by atoms with E-state index in [1.165, 1.54) is 0 Å². The van der Waals surface area contributed by atoms with Crippen LogP contribution in [0.1, 0.15) is 46.5 Å². The number of aliphatic hydroxyl groups is 1. The zero-order valence-electron chi connectivity index (χ0n) is 26.1. The number of piperazine rings is 1. The number of β-amino-alcohol motifs (C(OH)–C–C–N with tert-alkyl or cyclic N) is 1. The minimum Gasteiger partial charge on any atom is -0.444 e. The molecule has 238 valence electrons. The molecular weight excluding hydrogens is 592 g/mol. The van der Waals surface area contributed by atoms with Gasteiger partial charge in [0.15, 0.2) is 5.75 Å². The number of aromatic nitrogens is 3. The van der Waals surface area contributed by atoms with Crippen LogP contribution in [-0.4, -0.2) is 85.7 Å². The first-order chi connectivity index (χ1) is 21.6. The third-order valence-corrected chi connectivity index (χ3v) is 8.60. The van der Waals surface area contributed by atoms with E-state index < -0.39 is 11.2 Å². The number of hydrogen-bond acceptors (Lipinski definition) is 8. The fourth-order valence-corrected chi connectivity index (χ4v) is 6.45. The predicted octanol–water partition coefficient (Wildman–Crippen LogP) is 6.23. The molecule has 2 atom stereocenters. The summed E-state index contributed by atoms with van der Waals surface area (Å²) < 4.78 is 7.26. The first-order valence-electron chi connectivity index (χ1n) is 15.6. The highest BCUT2D eigenvalue weighted by Crippen LogP contribution is 2.35. The highest BCUT2D eigenvalue weighted by molar-refractivity contribution is 6.33. The average molecular weight is 633 g/mol. The number of carbonyl (C=O) groups excluding carboxylic acids is 1. The third-order valence-electron chi connectivity index (χ3n) is 8.32. The number of halogens is 1. The second-order valence-electron chi connectivity index (χ2n) is 13.1. The topological polar surface area (TPSA) is 105 Å². The number of anilines is 1. The maximum Gasteiger partial charge on any atom is 0.410 e. The van der Waals surface area contributed by atoms with Crippen LogP contribution in [-0.2, 0) is 4.74 Å². The van der Waals surface area contributed by atoms with E-state index in [0.29, 0.717) is 55.8 Å². The quantitative estimate of drug-likeness (QED) is 0.247. The molecule has 11 heteroatoms. The summed E-state index contributed by atoms with van der Waals surface area (Å²) in [5.74, 6) is 1.19. The Morgan fingerprint density at radius 1 is 1.09 bits per heavy atom. The highest BCUT2D eigenvalue weighted by Gasteiger charge is 2.37. The van der Waals surface area contributed by atoms with Crippen LogP contribution in [0, 0.1) is 0 Å². The lowest BCUT2D eigenvalue weighted by atomic mass is 9.81. The highest BCUT2D eigenvalue weighted by atomic mass is 35.5. The molecule has 1 amide bonds. The van der Waals surface area contributed by atoms with E-state index in [0.717, 1.165) is 41.5 Å². The Balaban J connectivity index is 1.13. The molecule has 3 heterocycles. The summed E-state index contributed by atoms with van der Waals surface area (Å²) in [5, 5.41) is 16.5. The Kier molecular flexibility index (Phi) is 8.90. The fourth-order valence-electron chi connectivity index (χ4n) is 6.26. The molecule has 2 N–H and O–H groups in total. The number of rotatable bonds is 7. The lowest BCUT2D eigenvalue weighted by Gasteiger charge is -2.43. The monoisotopic (exact) mass is 632 g/mol. The van der Waals surface area contributed by atoms with Crippen LogP contribution >= 0.6 is 11.6 Å². The molecule has 4 aromatic rings. The average Bonchev–Trinajstić information content (AvgIpc) is 3.36. The van der Waals surface area contributed by atoms with Gasteiger partial charge in [-0.3, -0.25) is 4.90 Å². The van der Waals surface area contributed by atoms with Crippen molar-refractivity contribution in [1.82, 2.24) is 24.5 Å². The number of nitrogens with zero attached hydrogens (tertiary/aromatic N) is 5. The lowest BCUT2D eigenvalue weighted by molar-refractivity contribution is -0.0404. The molecule has 1 aliphatic heterocycles. The van der Waals surface area contributed by atoms with Gasteiger partial charge < -0.3 is 24.9 Å². The van der Waals surface area contributed by atoms with Crippen molar-refractivity contribution >= 4 is 34.5 Å². The summed E-state index contributed by atoms with van der Waals surface area (Å²) >= 11 is 6.68. The van der Waals surface area contributed by atoms with Gasteiger partial charge in [-0.25, -0.2) is 14.8 Å². The smallest absolute Gasteiger partial charge is 0.410 e. The molecule has 1 saturated carbocycles. The Morgan fingerprint density at radius 3 is 2.58 bits per heavy atom. The molecule has 45 heavy (non-hydrogen) atoms. The molecular formula is C34H41ClN6O4. The van der Waals surface area contributed by atoms with Crippen molar-refractivity contribution in [2.24, 2.45) is 0 Å². The SMILES string of the molecule is CC(C)(C)OC(=O)N1CCN(CC2(O)CCC[C@@H](Nc3ncc(Cl)c(-c4cn(Oc5ccccc5)c5ccccc45)n3)C2)CC1. The number of fused-ring (bicyclic) bond motifs is 1. The third kappa shape index (κ3) is 7.52. The number of ether oxygens (including phenoxy) is 1. The van der Waals surface area contributed by atoms with Crippen LogP contribution in [0.25, 0.3) is 22.2 Å². The zero-order chi connectivity index (χ0) is 31.6. The van der Waals surface area contributed by atoms with Crippen molar-refractivity contribution in [3.8, 4) is 17.0 Å². The Labute approximate surface area is 268 Å². The first kappa shape index (κ1) is 31.1. The van der Waals surface area contributed by atoms with Gasteiger partial charge in [0.05, 0.1) is 34.2 Å². The Morgan fingerprint density at radius 2 is 1.82 bits per heavy atom. The molecule has 2 fully saturated rings. The summed E-state index contributed by atoms with van der Waals surface area (Å²) in [6.07, 6.45) is 6.33. The number of para-hydroxylation sites is 2. The van der Waals surface area contributed by atoms with Crippen molar-refractivity contribution in [2.45, 2.75) is 63.7 Å². The minimum absolute atomic E-state index is 0.00332. The van der Waals surface area contributed by atoms with Crippen molar-refractivity contribution < 1.29 is 19.5 Å². The van der Waals surface area contributed by atoms with E-state index in [-0.39, 0.29) is 12.1 Å². The Hall–Kier alpha value is -3.86. The summed E-state index contributed by atoms with van der Waals surface area (Å²) in [6, 6.07) is 17.6. The van der Waals surface area contributed by atoms with Gasteiger partial charge in [0.2, 0.25) is 5.95 Å². The number of carbonyl (C=O) groups is 1. The van der Waals surface area contributed by atoms with Crippen LogP contribution in [0.2, 0.25) is 5.02 Å². The molecule has 1 unspecified atom stereocenters. The maximum absolute atomic E-state index is 12.5. The van der Waals surface area contributed by atoms with Gasteiger partial charge in [0.25, 0.3) is 0 Å². The molecule has 2 aromatic heterocycles. The van der Waals surface area contributed by atoms with Gasteiger partial charge >= 0.3 is 6.09 Å². The van der Waals surface area contributed by atoms with E-state index in [9.17, 15) is 9.90 Å². The molecule has 2 aromatic carbocycles. The summed E-state index contributed by atoms with van der Waals surface area (Å²) in [5.41, 5.74) is 0.973. The second kappa shape index (κ2) is 12.9. The van der Waals surface area contributed by atoms with Crippen molar-refractivity contribution in [3.63, 3.8) is 0 Å². The molecule has 6 rings (SSSR count). The van der Waals surface area contributed by atoms with E-state index in [4.69, 9.17) is 26.2 Å². The van der Waals surface area contributed by atoms with Gasteiger partial charge in [0, 0.05) is 49.7 Å². The summed E-state index contributed by atoms with van der Waals surface area (Å²) in [7, 11) is 0. The van der Waals surface area contributed by atoms with E-state index in [1.807, 2.05) is 81.6 Å². The molecule has 0 radical (unpaired) electrons. The van der Waals surface area contributed by atoms with Crippen LogP contribution in [0.3, 0.4) is 0 Å². The fraction of sp³-hybridized carbons (Fsp3) is 0.441. The number of amides is 1. The molecule has 1 saturated heterocycles. The van der Waals surface area contributed by atoms with E-state index in [2.05, 4.69) is 15.2 Å². The zero-order valence-corrected chi connectivity index (χ0v) is 26.8. The van der Waals surface area contributed by atoms with Gasteiger partial charge in [-0.1, -0.05) is 48.0 Å². The van der Waals surface area contributed by atoms with Crippen LogP contribution in [0.5, 0.6) is 5.75 Å². The maximum atomic E-state index is 12.5. The van der Waals surface area contributed by atoms with Crippen molar-refractivity contribution in [1.29, 1.82) is 0 Å². The predicted molar refractivity (Wildman–Crippen MR) is 176 cm³/mol. The van der Waals surface area contributed by atoms with Crippen LogP contribution < -0.4 is 10.2 Å². The van der Waals surface area contributed by atoms with Gasteiger partial charge in [0.1, 0.15) is 5.60 Å². The van der Waals surface area contributed by atoms with Gasteiger partial charge in [-0.05, 0) is 64.7 Å². The lowest BCUT2D eigenvalue weighted by Crippen LogP contribution is -2.55. The summed E-state index contributed by atoms with van der Waals surface area (Å²) in [4.78, 5) is 32.0. The number of benzene rings is 2. The molecule has 2 aliphatic rings.